The van der Waals surface area contributed by atoms with Crippen molar-refractivity contribution in [2.75, 3.05) is 0 Å². The normalized spacial score (nSPS) is 11.5. The lowest BCUT2D eigenvalue weighted by molar-refractivity contribution is 0.501. The largest absolute Gasteiger partial charge is 0.467 e. The van der Waals surface area contributed by atoms with Crippen LogP contribution < -0.4 is 5.32 Å². The molecule has 3 nitrogen and oxygen atoms in total. The lowest BCUT2D eigenvalue weighted by atomic mass is 10.1. The zero-order valence-corrected chi connectivity index (χ0v) is 19.1. The van der Waals surface area contributed by atoms with Gasteiger partial charge < -0.3 is 9.73 Å². The van der Waals surface area contributed by atoms with Crippen LogP contribution in [0.1, 0.15) is 53.3 Å². The number of halogens is 1. The van der Waals surface area contributed by atoms with Crippen LogP contribution in [-0.4, -0.2) is 0 Å². The van der Waals surface area contributed by atoms with E-state index in [4.69, 9.17) is 4.42 Å². The third kappa shape index (κ3) is 6.44. The van der Waals surface area contributed by atoms with E-state index in [1.54, 1.807) is 17.6 Å². The minimum atomic E-state index is 0.591. The molecule has 2 aromatic heterocycles. The van der Waals surface area contributed by atoms with E-state index in [9.17, 15) is 5.26 Å². The van der Waals surface area contributed by atoms with E-state index in [1.165, 1.54) is 20.9 Å². The number of hydrogen-bond acceptors (Lipinski definition) is 4. The summed E-state index contributed by atoms with van der Waals surface area (Å²) in [6.07, 6.45) is 16.6. The number of nitriles is 1. The molecule has 0 amide bonds. The molecule has 2 rings (SSSR count). The van der Waals surface area contributed by atoms with Gasteiger partial charge in [-0.05, 0) is 49.1 Å². The smallest absolute Gasteiger partial charge is 0.122 e. The van der Waals surface area contributed by atoms with Gasteiger partial charge >= 0.3 is 0 Å². The SMILES string of the molecule is C#C.CCC/C=C(C#N)/C=C(/NCc1ccco1)c1sc(CC)c(CBr)c1C. The molecule has 0 spiro atoms. The Morgan fingerprint density at radius 3 is 2.64 bits per heavy atom. The van der Waals surface area contributed by atoms with Crippen LogP contribution >= 0.6 is 27.3 Å². The Labute approximate surface area is 181 Å². The lowest BCUT2D eigenvalue weighted by Gasteiger charge is -2.10. The fourth-order valence-electron chi connectivity index (χ4n) is 2.71. The predicted octanol–water partition coefficient (Wildman–Crippen LogP) is 6.74. The third-order valence-electron chi connectivity index (χ3n) is 4.17. The second-order valence-electron chi connectivity index (χ2n) is 6.00. The number of aryl methyl sites for hydroxylation is 1. The fraction of sp³-hybridized carbons (Fsp3) is 0.348. The standard InChI is InChI=1S/C21H25BrN2OS.C2H2/c1-4-6-8-16(13-23)11-19(24-14-17-9-7-10-25-17)21-15(3)18(12-22)20(5-2)26-21;1-2/h7-11,24H,4-6,12,14H2,1-3H3;1-2H/b16-8-,19-11+;. The zero-order valence-electron chi connectivity index (χ0n) is 16.7. The van der Waals surface area contributed by atoms with Gasteiger partial charge in [-0.2, -0.15) is 5.26 Å². The van der Waals surface area contributed by atoms with Gasteiger partial charge in [-0.1, -0.05) is 42.3 Å². The number of rotatable bonds is 9. The van der Waals surface area contributed by atoms with E-state index < -0.39 is 0 Å². The highest BCUT2D eigenvalue weighted by Gasteiger charge is 2.16. The van der Waals surface area contributed by atoms with E-state index in [-0.39, 0.29) is 0 Å². The van der Waals surface area contributed by atoms with Gasteiger partial charge in [0.05, 0.1) is 35.0 Å². The van der Waals surface area contributed by atoms with Gasteiger partial charge in [-0.15, -0.1) is 24.2 Å². The molecule has 0 saturated heterocycles. The number of alkyl halides is 1. The molecule has 0 aliphatic rings. The highest BCUT2D eigenvalue weighted by Crippen LogP contribution is 2.34. The van der Waals surface area contributed by atoms with Crippen LogP contribution in [0.2, 0.25) is 0 Å². The van der Waals surface area contributed by atoms with Gasteiger partial charge in [0.15, 0.2) is 0 Å². The van der Waals surface area contributed by atoms with E-state index in [0.29, 0.717) is 12.1 Å². The van der Waals surface area contributed by atoms with Gasteiger partial charge in [0.1, 0.15) is 5.76 Å². The molecular weight excluding hydrogens is 432 g/mol. The summed E-state index contributed by atoms with van der Waals surface area (Å²) in [6.45, 7) is 7.05. The van der Waals surface area contributed by atoms with Crippen LogP contribution in [0.3, 0.4) is 0 Å². The Bertz CT molecular complexity index is 851. The number of allylic oxidation sites excluding steroid dienone is 3. The van der Waals surface area contributed by atoms with Crippen molar-refractivity contribution in [3.8, 4) is 18.9 Å². The quantitative estimate of drug-likeness (QED) is 0.196. The Morgan fingerprint density at radius 2 is 2.14 bits per heavy atom. The topological polar surface area (TPSA) is 49.0 Å². The molecule has 0 saturated carbocycles. The van der Waals surface area contributed by atoms with Gasteiger partial charge in [0, 0.05) is 10.2 Å². The van der Waals surface area contributed by atoms with Crippen molar-refractivity contribution in [2.45, 2.75) is 51.9 Å². The zero-order chi connectivity index (χ0) is 20.9. The van der Waals surface area contributed by atoms with Gasteiger partial charge in [-0.3, -0.25) is 0 Å². The first-order valence-electron chi connectivity index (χ1n) is 9.23. The lowest BCUT2D eigenvalue weighted by Crippen LogP contribution is -2.11. The second-order valence-corrected chi connectivity index (χ2v) is 7.66. The molecular formula is C23H27BrN2OS. The van der Waals surface area contributed by atoms with Crippen molar-refractivity contribution in [1.29, 1.82) is 5.26 Å². The Hall–Kier alpha value is -2.21. The highest BCUT2D eigenvalue weighted by molar-refractivity contribution is 9.08. The summed E-state index contributed by atoms with van der Waals surface area (Å²) < 4.78 is 5.44. The summed E-state index contributed by atoms with van der Waals surface area (Å²) in [7, 11) is 0. The molecule has 1 N–H and O–H groups in total. The second kappa shape index (κ2) is 13.0. The van der Waals surface area contributed by atoms with Crippen molar-refractivity contribution in [3.63, 3.8) is 0 Å². The molecule has 0 atom stereocenters. The molecule has 0 aromatic carbocycles. The number of nitrogens with one attached hydrogen (secondary N) is 1. The molecule has 0 aliphatic heterocycles. The highest BCUT2D eigenvalue weighted by atomic mass is 79.9. The molecule has 5 heteroatoms. The van der Waals surface area contributed by atoms with Crippen molar-refractivity contribution in [1.82, 2.24) is 5.32 Å². The van der Waals surface area contributed by atoms with E-state index in [2.05, 4.69) is 60.9 Å². The summed E-state index contributed by atoms with van der Waals surface area (Å²) in [5, 5.41) is 13.8. The summed E-state index contributed by atoms with van der Waals surface area (Å²) in [6, 6.07) is 6.15. The number of thiophene rings is 1. The number of furan rings is 1. The number of terminal acetylenes is 1. The molecule has 28 heavy (non-hydrogen) atoms. The third-order valence-corrected chi connectivity index (χ3v) is 6.24. The Morgan fingerprint density at radius 1 is 1.39 bits per heavy atom. The van der Waals surface area contributed by atoms with Crippen LogP contribution in [0.15, 0.2) is 40.5 Å². The summed E-state index contributed by atoms with van der Waals surface area (Å²) in [4.78, 5) is 2.58. The maximum Gasteiger partial charge on any atom is 0.122 e. The number of nitrogens with zero attached hydrogens (tertiary/aromatic N) is 1. The van der Waals surface area contributed by atoms with Crippen molar-refractivity contribution >= 4 is 33.0 Å². The number of hydrogen-bond donors (Lipinski definition) is 1. The van der Waals surface area contributed by atoms with Gasteiger partial charge in [0.25, 0.3) is 0 Å². The minimum absolute atomic E-state index is 0.591. The van der Waals surface area contributed by atoms with E-state index in [0.717, 1.165) is 36.0 Å². The van der Waals surface area contributed by atoms with Crippen molar-refractivity contribution in [3.05, 3.63) is 62.8 Å². The van der Waals surface area contributed by atoms with Crippen LogP contribution in [0.25, 0.3) is 5.70 Å². The first-order chi connectivity index (χ1) is 13.6. The monoisotopic (exact) mass is 458 g/mol. The van der Waals surface area contributed by atoms with Crippen molar-refractivity contribution < 1.29 is 4.42 Å². The summed E-state index contributed by atoms with van der Waals surface area (Å²) in [5.74, 6) is 0.873. The first-order valence-corrected chi connectivity index (χ1v) is 11.2. The number of unbranched alkanes of at least 4 members (excludes halogenated alkanes) is 1. The Kier molecular flexibility index (Phi) is 11.1. The molecule has 0 radical (unpaired) electrons. The molecule has 0 fully saturated rings. The van der Waals surface area contributed by atoms with Crippen LogP contribution in [0, 0.1) is 31.1 Å². The molecule has 2 heterocycles. The summed E-state index contributed by atoms with van der Waals surface area (Å²) in [5.41, 5.74) is 4.30. The molecule has 0 bridgehead atoms. The average molecular weight is 459 g/mol. The average Bonchev–Trinajstić information content (AvgIpc) is 3.36. The maximum absolute atomic E-state index is 9.51. The fourth-order valence-corrected chi connectivity index (χ4v) is 4.91. The molecule has 0 aliphatic carbocycles. The van der Waals surface area contributed by atoms with Crippen LogP contribution in [-0.2, 0) is 18.3 Å². The maximum atomic E-state index is 9.51. The summed E-state index contributed by atoms with van der Waals surface area (Å²) >= 11 is 5.42. The molecule has 2 aromatic rings. The van der Waals surface area contributed by atoms with Crippen LogP contribution in [0.4, 0.5) is 0 Å². The minimum Gasteiger partial charge on any atom is -0.467 e. The first kappa shape index (κ1) is 23.8. The molecule has 148 valence electrons. The van der Waals surface area contributed by atoms with Gasteiger partial charge in [-0.25, -0.2) is 0 Å². The Balaban J connectivity index is 0.00000190. The van der Waals surface area contributed by atoms with Gasteiger partial charge in [0.2, 0.25) is 0 Å². The van der Waals surface area contributed by atoms with Crippen LogP contribution in [0.5, 0.6) is 0 Å². The van der Waals surface area contributed by atoms with E-state index >= 15 is 0 Å². The predicted molar refractivity (Wildman–Crippen MR) is 123 cm³/mol. The van der Waals surface area contributed by atoms with Crippen molar-refractivity contribution in [2.24, 2.45) is 0 Å². The van der Waals surface area contributed by atoms with E-state index in [1.807, 2.05) is 24.3 Å². The molecule has 0 unspecified atom stereocenters.